The molecule has 0 atom stereocenters. The van der Waals surface area contributed by atoms with Crippen LogP contribution in [0.1, 0.15) is 12.2 Å². The minimum absolute atomic E-state index is 0.0107. The molecular formula is C13H19N3O5. The van der Waals surface area contributed by atoms with E-state index in [1.165, 1.54) is 0 Å². The Kier molecular flexibility index (Phi) is 5.15. The lowest BCUT2D eigenvalue weighted by Gasteiger charge is -2.20. The lowest BCUT2D eigenvalue weighted by atomic mass is 10.3. The number of rotatable bonds is 5. The molecule has 116 valence electrons. The molecule has 0 aromatic carbocycles. The van der Waals surface area contributed by atoms with Crippen molar-refractivity contribution in [2.24, 2.45) is 0 Å². The summed E-state index contributed by atoms with van der Waals surface area (Å²) in [6, 6.07) is 1.62. The van der Waals surface area contributed by atoms with Gasteiger partial charge in [0.2, 0.25) is 0 Å². The van der Waals surface area contributed by atoms with Crippen molar-refractivity contribution < 1.29 is 24.0 Å². The highest BCUT2D eigenvalue weighted by molar-refractivity contribution is 5.77. The standard InChI is InChI=1S/C13H19N3O5/c1-10-7-11(14-21-10)20-9-12(17)16-4-2-3-15(5-6-16)8-13(18)19/h7H,2-6,8-9H2,1H3,(H,18,19). The Balaban J connectivity index is 1.78. The number of carbonyl (C=O) groups is 2. The van der Waals surface area contributed by atoms with Crippen LogP contribution in [0.2, 0.25) is 0 Å². The van der Waals surface area contributed by atoms with Crippen LogP contribution in [0.5, 0.6) is 5.88 Å². The molecule has 0 aliphatic carbocycles. The number of ether oxygens (including phenoxy) is 1. The molecular weight excluding hydrogens is 278 g/mol. The van der Waals surface area contributed by atoms with E-state index in [2.05, 4.69) is 5.16 Å². The van der Waals surface area contributed by atoms with Crippen molar-refractivity contribution in [1.29, 1.82) is 0 Å². The fraction of sp³-hybridized carbons (Fsp3) is 0.615. The maximum absolute atomic E-state index is 12.1. The Morgan fingerprint density at radius 1 is 1.38 bits per heavy atom. The summed E-state index contributed by atoms with van der Waals surface area (Å²) in [5, 5.41) is 12.4. The molecule has 1 aliphatic heterocycles. The van der Waals surface area contributed by atoms with Crippen LogP contribution in [-0.4, -0.2) is 71.3 Å². The van der Waals surface area contributed by atoms with Crippen LogP contribution < -0.4 is 4.74 Å². The molecule has 0 saturated carbocycles. The smallest absolute Gasteiger partial charge is 0.317 e. The molecule has 1 N–H and O–H groups in total. The zero-order valence-corrected chi connectivity index (χ0v) is 11.9. The first-order valence-corrected chi connectivity index (χ1v) is 6.82. The van der Waals surface area contributed by atoms with Crippen LogP contribution in [0.3, 0.4) is 0 Å². The first-order valence-electron chi connectivity index (χ1n) is 6.82. The highest BCUT2D eigenvalue weighted by Crippen LogP contribution is 2.10. The molecule has 1 aliphatic rings. The average Bonchev–Trinajstić information content (AvgIpc) is 2.70. The van der Waals surface area contributed by atoms with Crippen LogP contribution in [0.25, 0.3) is 0 Å². The minimum Gasteiger partial charge on any atom is -0.480 e. The van der Waals surface area contributed by atoms with E-state index in [1.807, 2.05) is 4.90 Å². The van der Waals surface area contributed by atoms with E-state index in [9.17, 15) is 9.59 Å². The third-order valence-corrected chi connectivity index (χ3v) is 3.25. The predicted octanol–water partition coefficient (Wildman–Crippen LogP) is -0.0193. The fourth-order valence-electron chi connectivity index (χ4n) is 2.21. The van der Waals surface area contributed by atoms with Gasteiger partial charge in [-0.3, -0.25) is 14.5 Å². The molecule has 1 saturated heterocycles. The molecule has 2 rings (SSSR count). The molecule has 1 amide bonds. The lowest BCUT2D eigenvalue weighted by molar-refractivity contribution is -0.138. The molecule has 1 aromatic heterocycles. The van der Waals surface area contributed by atoms with Crippen molar-refractivity contribution in [3.63, 3.8) is 0 Å². The van der Waals surface area contributed by atoms with Gasteiger partial charge >= 0.3 is 5.97 Å². The monoisotopic (exact) mass is 297 g/mol. The van der Waals surface area contributed by atoms with E-state index in [4.69, 9.17) is 14.4 Å². The van der Waals surface area contributed by atoms with Gasteiger partial charge in [-0.05, 0) is 18.5 Å². The van der Waals surface area contributed by atoms with Crippen molar-refractivity contribution in [3.8, 4) is 5.88 Å². The second-order valence-corrected chi connectivity index (χ2v) is 4.97. The molecule has 0 radical (unpaired) electrons. The zero-order chi connectivity index (χ0) is 15.2. The lowest BCUT2D eigenvalue weighted by Crippen LogP contribution is -2.38. The van der Waals surface area contributed by atoms with E-state index in [0.29, 0.717) is 37.8 Å². The number of aromatic nitrogens is 1. The van der Waals surface area contributed by atoms with E-state index in [-0.39, 0.29) is 19.1 Å². The number of carbonyl (C=O) groups excluding carboxylic acids is 1. The van der Waals surface area contributed by atoms with Crippen LogP contribution in [0.15, 0.2) is 10.6 Å². The zero-order valence-electron chi connectivity index (χ0n) is 11.9. The number of aryl methyl sites for hydroxylation is 1. The summed E-state index contributed by atoms with van der Waals surface area (Å²) in [5.41, 5.74) is 0. The molecule has 0 unspecified atom stereocenters. The number of carboxylic acids is 1. The summed E-state index contributed by atoms with van der Waals surface area (Å²) >= 11 is 0. The van der Waals surface area contributed by atoms with Gasteiger partial charge in [-0.2, -0.15) is 0 Å². The largest absolute Gasteiger partial charge is 0.480 e. The maximum atomic E-state index is 12.1. The Labute approximate surface area is 122 Å². The summed E-state index contributed by atoms with van der Waals surface area (Å²) in [6.45, 7) is 4.01. The van der Waals surface area contributed by atoms with Crippen molar-refractivity contribution in [2.45, 2.75) is 13.3 Å². The molecule has 1 aromatic rings. The maximum Gasteiger partial charge on any atom is 0.317 e. The van der Waals surface area contributed by atoms with Crippen LogP contribution in [-0.2, 0) is 9.59 Å². The number of hydrogen-bond donors (Lipinski definition) is 1. The first kappa shape index (κ1) is 15.3. The normalized spacial score (nSPS) is 16.5. The molecule has 1 fully saturated rings. The summed E-state index contributed by atoms with van der Waals surface area (Å²) in [5.74, 6) is -0.0629. The van der Waals surface area contributed by atoms with Gasteiger partial charge in [0.25, 0.3) is 11.8 Å². The van der Waals surface area contributed by atoms with Crippen LogP contribution >= 0.6 is 0 Å². The van der Waals surface area contributed by atoms with Gasteiger partial charge in [0.15, 0.2) is 6.61 Å². The van der Waals surface area contributed by atoms with Gasteiger partial charge in [0.05, 0.1) is 6.54 Å². The Morgan fingerprint density at radius 2 is 2.19 bits per heavy atom. The molecule has 2 heterocycles. The highest BCUT2D eigenvalue weighted by atomic mass is 16.5. The molecule has 8 nitrogen and oxygen atoms in total. The summed E-state index contributed by atoms with van der Waals surface area (Å²) < 4.78 is 10.1. The van der Waals surface area contributed by atoms with E-state index in [1.54, 1.807) is 17.9 Å². The number of carboxylic acid groups (broad SMARTS) is 1. The topological polar surface area (TPSA) is 96.1 Å². The third-order valence-electron chi connectivity index (χ3n) is 3.25. The number of hydrogen-bond acceptors (Lipinski definition) is 6. The average molecular weight is 297 g/mol. The Hall–Kier alpha value is -2.09. The quantitative estimate of drug-likeness (QED) is 0.816. The van der Waals surface area contributed by atoms with Gasteiger partial charge in [0.1, 0.15) is 5.76 Å². The Bertz CT molecular complexity index is 502. The molecule has 21 heavy (non-hydrogen) atoms. The van der Waals surface area contributed by atoms with Gasteiger partial charge in [-0.15, -0.1) is 0 Å². The summed E-state index contributed by atoms with van der Waals surface area (Å²) in [7, 11) is 0. The Morgan fingerprint density at radius 3 is 2.86 bits per heavy atom. The number of aliphatic carboxylic acids is 1. The minimum atomic E-state index is -0.848. The van der Waals surface area contributed by atoms with Gasteiger partial charge in [0, 0.05) is 32.2 Å². The van der Waals surface area contributed by atoms with Crippen molar-refractivity contribution in [3.05, 3.63) is 11.8 Å². The van der Waals surface area contributed by atoms with Gasteiger partial charge in [-0.25, -0.2) is 0 Å². The molecule has 0 spiro atoms. The van der Waals surface area contributed by atoms with Crippen LogP contribution in [0.4, 0.5) is 0 Å². The number of nitrogens with zero attached hydrogens (tertiary/aromatic N) is 3. The first-order chi connectivity index (χ1) is 10.0. The highest BCUT2D eigenvalue weighted by Gasteiger charge is 2.20. The van der Waals surface area contributed by atoms with E-state index >= 15 is 0 Å². The molecule has 8 heteroatoms. The SMILES string of the molecule is Cc1cc(OCC(=O)N2CCCN(CC(=O)O)CC2)no1. The van der Waals surface area contributed by atoms with Crippen molar-refractivity contribution in [1.82, 2.24) is 15.0 Å². The second kappa shape index (κ2) is 7.07. The third kappa shape index (κ3) is 4.75. The van der Waals surface area contributed by atoms with E-state index in [0.717, 1.165) is 6.42 Å². The van der Waals surface area contributed by atoms with Crippen molar-refractivity contribution >= 4 is 11.9 Å². The summed E-state index contributed by atoms with van der Waals surface area (Å²) in [4.78, 5) is 26.3. The van der Waals surface area contributed by atoms with Crippen LogP contribution in [0, 0.1) is 6.92 Å². The van der Waals surface area contributed by atoms with Gasteiger partial charge in [-0.1, -0.05) is 0 Å². The van der Waals surface area contributed by atoms with Crippen molar-refractivity contribution in [2.75, 3.05) is 39.3 Å². The van der Waals surface area contributed by atoms with E-state index < -0.39 is 5.97 Å². The number of amides is 1. The predicted molar refractivity (Wildman–Crippen MR) is 72.0 cm³/mol. The fourth-order valence-corrected chi connectivity index (χ4v) is 2.21. The second-order valence-electron chi connectivity index (χ2n) is 4.97. The summed E-state index contributed by atoms with van der Waals surface area (Å²) in [6.07, 6.45) is 0.752. The molecule has 0 bridgehead atoms. The van der Waals surface area contributed by atoms with Gasteiger partial charge < -0.3 is 19.3 Å².